The maximum absolute atomic E-state index is 17.0. The van der Waals surface area contributed by atoms with Gasteiger partial charge in [0, 0.05) is 31.5 Å². The number of fused-ring (bicyclic) bond motifs is 1. The molecule has 109 heavy (non-hydrogen) atoms. The summed E-state index contributed by atoms with van der Waals surface area (Å²) in [5.74, 6) is -1.51. The molecule has 4 aromatic carbocycles. The molecular formula is C86H138N6O13Si4. The molecule has 606 valence electrons. The van der Waals surface area contributed by atoms with Crippen LogP contribution in [0.3, 0.4) is 0 Å². The van der Waals surface area contributed by atoms with Gasteiger partial charge in [0.25, 0.3) is 16.6 Å². The number of ether oxygens (including phenoxy) is 3. The lowest BCUT2D eigenvalue weighted by Gasteiger charge is -2.47. The van der Waals surface area contributed by atoms with Crippen molar-refractivity contribution in [2.24, 2.45) is 5.92 Å². The van der Waals surface area contributed by atoms with E-state index in [2.05, 4.69) is 182 Å². The molecule has 1 heterocycles. The van der Waals surface area contributed by atoms with Crippen LogP contribution in [-0.2, 0) is 68.3 Å². The smallest absolute Gasteiger partial charge is 0.416 e. The van der Waals surface area contributed by atoms with E-state index in [1.807, 2.05) is 60.7 Å². The molecule has 7 atom stereocenters. The van der Waals surface area contributed by atoms with Crippen LogP contribution in [0.4, 0.5) is 9.59 Å². The number of esters is 1. The Kier molecular flexibility index (Phi) is 34.1. The third-order valence-electron chi connectivity index (χ3n) is 24.2. The Balaban J connectivity index is 1.47. The van der Waals surface area contributed by atoms with E-state index in [9.17, 15) is 14.4 Å². The summed E-state index contributed by atoms with van der Waals surface area (Å²) in [5, 5.41) is 17.8. The minimum Gasteiger partial charge on any atom is -0.543 e. The van der Waals surface area contributed by atoms with Crippen LogP contribution in [0, 0.1) is 11.3 Å². The van der Waals surface area contributed by atoms with Crippen LogP contribution in [0.2, 0.25) is 66.5 Å². The van der Waals surface area contributed by atoms with Gasteiger partial charge in [-0.05, 0) is 157 Å². The second-order valence-corrected chi connectivity index (χ2v) is 56.2. The van der Waals surface area contributed by atoms with Crippen LogP contribution in [0.1, 0.15) is 227 Å². The molecular weight excluding hydrogens is 1440 g/mol. The maximum Gasteiger partial charge on any atom is 0.416 e. The zero-order chi connectivity index (χ0) is 81.2. The summed E-state index contributed by atoms with van der Waals surface area (Å²) < 4.78 is 46.1. The minimum atomic E-state index is -2.86. The molecule has 23 heteroatoms. The average molecular weight is 1580 g/mol. The quantitative estimate of drug-likeness (QED) is 0.0108. The van der Waals surface area contributed by atoms with Crippen LogP contribution < -0.4 is 24.8 Å². The highest BCUT2D eigenvalue weighted by Gasteiger charge is 2.55. The fraction of sp³-hybridized carbons (Fsp3) is 0.640. The maximum atomic E-state index is 17.0. The molecule has 1 aliphatic carbocycles. The van der Waals surface area contributed by atoms with Crippen molar-refractivity contribution in [3.05, 3.63) is 131 Å². The number of amides is 5. The molecule has 4 aromatic rings. The zero-order valence-electron chi connectivity index (χ0n) is 70.8. The Bertz CT molecular complexity index is 3470. The molecule has 0 spiro atoms. The lowest BCUT2D eigenvalue weighted by atomic mass is 9.83. The highest BCUT2D eigenvalue weighted by Crippen LogP contribution is 2.50. The number of nitrogens with zero attached hydrogens (tertiary/aromatic N) is 2. The Morgan fingerprint density at radius 2 is 0.927 bits per heavy atom. The minimum absolute atomic E-state index is 0.00567. The summed E-state index contributed by atoms with van der Waals surface area (Å²) in [6, 6.07) is 29.9. The topological polar surface area (TPSA) is 233 Å². The number of nitrogens with one attached hydrogen (secondary N) is 4. The number of likely N-dealkylation sites (tertiary alicyclic amines) is 1. The van der Waals surface area contributed by atoms with Gasteiger partial charge in [-0.1, -0.05) is 251 Å². The van der Waals surface area contributed by atoms with Crippen molar-refractivity contribution in [1.82, 2.24) is 25.8 Å². The molecule has 0 radical (unpaired) electrons. The summed E-state index contributed by atoms with van der Waals surface area (Å²) in [4.78, 5) is 93.1. The summed E-state index contributed by atoms with van der Waals surface area (Å²) in [6.07, 6.45) is -0.961. The SMILES string of the molecule is COC(=O)[C@H](CCCN(C(=N)NC(=O)OCc1ccccc1)C(=O)OCc1ccccc1)NC(=O)[C@@H]1C[C@@H]2CC[C@@H](O[Si](C(C)C)(C(C)C)C(C)C)C[C@@H]2N1C(=O)[C@@H](Cc1ccc(O[Si](C(C)C)(C(C)C)C(C)C)cc1)NC(=O)[C@@H](Cc1ccc(O[Si](C(C)C)(C(C)C)C(C)C)cc1)O[Si](C(C)C)(C(C)C)C(C)C. The Hall–Kier alpha value is -6.64. The number of methoxy groups -OCH3 is 1. The van der Waals surface area contributed by atoms with Crippen LogP contribution in [0.25, 0.3) is 0 Å². The Labute approximate surface area is 659 Å². The summed E-state index contributed by atoms with van der Waals surface area (Å²) in [7, 11) is -8.86. The van der Waals surface area contributed by atoms with Crippen LogP contribution in [0.15, 0.2) is 109 Å². The molecule has 19 nitrogen and oxygen atoms in total. The molecule has 1 aliphatic heterocycles. The summed E-state index contributed by atoms with van der Waals surface area (Å²) in [6.45, 7) is 53.5. The van der Waals surface area contributed by atoms with Crippen molar-refractivity contribution in [2.75, 3.05) is 13.7 Å². The first-order valence-corrected chi connectivity index (χ1v) is 49.3. The van der Waals surface area contributed by atoms with E-state index in [1.165, 1.54) is 7.11 Å². The van der Waals surface area contributed by atoms with Gasteiger partial charge < -0.3 is 47.4 Å². The standard InChI is InChI=1S/C86H138N6O13Si4/c1-55(2)106(56(3)4,57(5)6)102-72-43-38-67(39-44-72)49-76(89-81(94)79(105-109(64(19)20,65(21)22)66(23)24)50-68-40-45-73(46-41-68)103-107(58(7)8,59(9)10)60(11)12)82(95)92-77-52-74(104-108(61(13)14,62(15)16)63(17)18)47-42-71(77)51-78(92)80(93)88-75(83(96)99-25)37-32-48-91(86(98)101-54-70-35-30-27-31-36-70)84(87)90-85(97)100-53-69-33-28-26-29-34-69/h26-31,33-36,38-41,43-46,55-66,71,74-79H,32,37,42,47-54H2,1-25H3,(H,88,93)(H,89,94)(H2,87,90,97)/t71-,74+,75-,76+,77-,78-,79+/m0/s1. The monoisotopic (exact) mass is 1570 g/mol. The van der Waals surface area contributed by atoms with Crippen molar-refractivity contribution < 1.29 is 60.7 Å². The number of hydrogen-bond donors (Lipinski definition) is 4. The zero-order valence-corrected chi connectivity index (χ0v) is 74.8. The predicted octanol–water partition coefficient (Wildman–Crippen LogP) is 19.9. The van der Waals surface area contributed by atoms with Gasteiger partial charge >= 0.3 is 18.2 Å². The third kappa shape index (κ3) is 22.2. The van der Waals surface area contributed by atoms with E-state index >= 15 is 14.4 Å². The van der Waals surface area contributed by atoms with Crippen LogP contribution in [0.5, 0.6) is 11.5 Å². The van der Waals surface area contributed by atoms with E-state index in [-0.39, 0.29) is 97.1 Å². The van der Waals surface area contributed by atoms with Crippen molar-refractivity contribution in [3.63, 3.8) is 0 Å². The molecule has 1 saturated carbocycles. The van der Waals surface area contributed by atoms with E-state index in [1.54, 1.807) is 53.4 Å². The van der Waals surface area contributed by atoms with E-state index in [0.29, 0.717) is 57.2 Å². The molecule has 6 rings (SSSR count). The fourth-order valence-corrected chi connectivity index (χ4v) is 41.0. The van der Waals surface area contributed by atoms with Gasteiger partial charge in [-0.15, -0.1) is 0 Å². The normalized spacial score (nSPS) is 17.4. The van der Waals surface area contributed by atoms with Gasteiger partial charge in [0.15, 0.2) is 0 Å². The van der Waals surface area contributed by atoms with Crippen molar-refractivity contribution >= 4 is 75.1 Å². The summed E-state index contributed by atoms with van der Waals surface area (Å²) >= 11 is 0. The third-order valence-corrected chi connectivity index (χ3v) is 48.5. The van der Waals surface area contributed by atoms with Gasteiger partial charge in [0.05, 0.1) is 7.11 Å². The predicted molar refractivity (Wildman–Crippen MR) is 448 cm³/mol. The number of benzene rings is 4. The second kappa shape index (κ2) is 40.7. The summed E-state index contributed by atoms with van der Waals surface area (Å²) in [5.41, 5.74) is 6.21. The van der Waals surface area contributed by atoms with E-state index in [4.69, 9.17) is 37.3 Å². The first kappa shape index (κ1) is 91.2. The largest absolute Gasteiger partial charge is 0.543 e. The van der Waals surface area contributed by atoms with Gasteiger partial charge in [-0.25, -0.2) is 19.3 Å². The highest BCUT2D eigenvalue weighted by atomic mass is 28.4. The van der Waals surface area contributed by atoms with Gasteiger partial charge in [-0.2, -0.15) is 0 Å². The van der Waals surface area contributed by atoms with Crippen LogP contribution in [-0.4, -0.2) is 135 Å². The average Bonchev–Trinajstić information content (AvgIpc) is 1.63. The number of carbonyl (C=O) groups excluding carboxylic acids is 6. The molecule has 0 bridgehead atoms. The number of carbonyl (C=O) groups is 6. The Morgan fingerprint density at radius 1 is 0.495 bits per heavy atom. The van der Waals surface area contributed by atoms with Gasteiger partial charge in [0.1, 0.15) is 48.9 Å². The fourth-order valence-electron chi connectivity index (χ4n) is 19.3. The number of rotatable bonds is 38. The molecule has 2 fully saturated rings. The molecule has 1 saturated heterocycles. The molecule has 0 unspecified atom stereocenters. The number of guanidine groups is 1. The van der Waals surface area contributed by atoms with Gasteiger partial charge in [-0.3, -0.25) is 25.1 Å². The van der Waals surface area contributed by atoms with Crippen molar-refractivity contribution in [1.29, 1.82) is 5.41 Å². The first-order chi connectivity index (χ1) is 51.2. The van der Waals surface area contributed by atoms with E-state index in [0.717, 1.165) is 33.9 Å². The Morgan fingerprint density at radius 3 is 1.36 bits per heavy atom. The lowest BCUT2D eigenvalue weighted by molar-refractivity contribution is -0.148. The van der Waals surface area contributed by atoms with Gasteiger partial charge in [0.2, 0.25) is 40.3 Å². The number of hydrogen-bond acceptors (Lipinski definition) is 14. The molecule has 4 N–H and O–H groups in total. The van der Waals surface area contributed by atoms with Crippen LogP contribution >= 0.6 is 0 Å². The first-order valence-electron chi connectivity index (χ1n) is 40.7. The van der Waals surface area contributed by atoms with Crippen molar-refractivity contribution in [3.8, 4) is 11.5 Å². The van der Waals surface area contributed by atoms with Crippen molar-refractivity contribution in [2.45, 2.75) is 334 Å². The van der Waals surface area contributed by atoms with E-state index < -0.39 is 105 Å². The highest BCUT2D eigenvalue weighted by molar-refractivity contribution is 6.79. The number of alkyl carbamates (subject to hydrolysis) is 1. The molecule has 0 aromatic heterocycles. The molecule has 5 amide bonds. The second-order valence-electron chi connectivity index (χ2n) is 34.7. The lowest BCUT2D eigenvalue weighted by Crippen LogP contribution is -2.60. The molecule has 2 aliphatic rings.